The minimum Gasteiger partial charge on any atom is -0.497 e. The number of anilines is 1. The van der Waals surface area contributed by atoms with Crippen molar-refractivity contribution in [2.75, 3.05) is 12.4 Å². The van der Waals surface area contributed by atoms with E-state index in [2.05, 4.69) is 5.32 Å². The van der Waals surface area contributed by atoms with Crippen LogP contribution < -0.4 is 10.1 Å². The topological polar surface area (TPSA) is 74.5 Å². The van der Waals surface area contributed by atoms with E-state index in [1.807, 2.05) is 24.3 Å². The number of methoxy groups -OCH3 is 1. The number of aromatic nitrogens is 2. The summed E-state index contributed by atoms with van der Waals surface area (Å²) in [5, 5.41) is 3.56. The number of fused-ring (bicyclic) bond motifs is 1. The maximum absolute atomic E-state index is 13.0. The molecule has 2 aromatic heterocycles. The van der Waals surface area contributed by atoms with Gasteiger partial charge in [0.1, 0.15) is 17.0 Å². The Hall–Kier alpha value is -3.22. The minimum atomic E-state index is -0.595. The van der Waals surface area contributed by atoms with E-state index in [4.69, 9.17) is 9.47 Å². The molecule has 27 heavy (non-hydrogen) atoms. The molecule has 7 heteroatoms. The van der Waals surface area contributed by atoms with Crippen molar-refractivity contribution < 1.29 is 19.1 Å². The largest absolute Gasteiger partial charge is 0.497 e. The van der Waals surface area contributed by atoms with Crippen LogP contribution in [0.1, 0.15) is 31.3 Å². The molecule has 0 saturated heterocycles. The van der Waals surface area contributed by atoms with Gasteiger partial charge in [0.2, 0.25) is 0 Å². The Balaban J connectivity index is 1.86. The average molecular weight is 369 g/mol. The normalized spacial score (nSPS) is 11.4. The molecule has 7 nitrogen and oxygen atoms in total. The number of nitrogens with one attached hydrogen (secondary N) is 1. The first-order valence-electron chi connectivity index (χ1n) is 8.54. The molecule has 0 spiro atoms. The minimum absolute atomic E-state index is 0.199. The first-order chi connectivity index (χ1) is 12.7. The van der Waals surface area contributed by atoms with Crippen molar-refractivity contribution in [3.63, 3.8) is 0 Å². The van der Waals surface area contributed by atoms with Crippen LogP contribution in [0.2, 0.25) is 0 Å². The van der Waals surface area contributed by atoms with Crippen LogP contribution >= 0.6 is 0 Å². The fraction of sp³-hybridized carbons (Fsp3) is 0.300. The van der Waals surface area contributed by atoms with Gasteiger partial charge in [-0.3, -0.25) is 14.7 Å². The molecular formula is C20H23N3O4. The fourth-order valence-electron chi connectivity index (χ4n) is 2.82. The molecule has 1 N–H and O–H groups in total. The van der Waals surface area contributed by atoms with Gasteiger partial charge in [0.25, 0.3) is 5.91 Å². The molecule has 0 fully saturated rings. The molecular weight excluding hydrogens is 346 g/mol. The summed E-state index contributed by atoms with van der Waals surface area (Å²) < 4.78 is 13.7. The lowest BCUT2D eigenvalue weighted by Crippen LogP contribution is -2.27. The van der Waals surface area contributed by atoms with Gasteiger partial charge < -0.3 is 14.0 Å². The second-order valence-electron chi connectivity index (χ2n) is 7.27. The SMILES string of the molecule is COc1ccc2c(ccn2C(=O)c2cc(NC(=O)OC(C)(C)C)cn2C)c1. The molecule has 0 radical (unpaired) electrons. The molecule has 0 aliphatic heterocycles. The Morgan fingerprint density at radius 3 is 2.52 bits per heavy atom. The predicted molar refractivity (Wildman–Crippen MR) is 103 cm³/mol. The summed E-state index contributed by atoms with van der Waals surface area (Å²) in [6.45, 7) is 5.37. The zero-order valence-electron chi connectivity index (χ0n) is 16.1. The lowest BCUT2D eigenvalue weighted by molar-refractivity contribution is 0.0635. The van der Waals surface area contributed by atoms with Crippen LogP contribution in [0.25, 0.3) is 10.9 Å². The number of benzene rings is 1. The Labute approximate surface area is 157 Å². The number of carbonyl (C=O) groups is 2. The molecule has 0 aliphatic carbocycles. The summed E-state index contributed by atoms with van der Waals surface area (Å²) in [6, 6.07) is 9.02. The van der Waals surface area contributed by atoms with Gasteiger partial charge in [-0.05, 0) is 51.1 Å². The van der Waals surface area contributed by atoms with Crippen molar-refractivity contribution in [1.82, 2.24) is 9.13 Å². The van der Waals surface area contributed by atoms with Crippen LogP contribution in [-0.2, 0) is 11.8 Å². The van der Waals surface area contributed by atoms with E-state index in [-0.39, 0.29) is 5.91 Å². The first kappa shape index (κ1) is 18.6. The van der Waals surface area contributed by atoms with Gasteiger partial charge in [0, 0.05) is 24.8 Å². The lowest BCUT2D eigenvalue weighted by Gasteiger charge is -2.19. The molecule has 2 heterocycles. The highest BCUT2D eigenvalue weighted by molar-refractivity contribution is 6.02. The third-order valence-corrected chi connectivity index (χ3v) is 3.99. The van der Waals surface area contributed by atoms with E-state index < -0.39 is 11.7 Å². The van der Waals surface area contributed by atoms with Crippen molar-refractivity contribution >= 4 is 28.6 Å². The van der Waals surface area contributed by atoms with Crippen molar-refractivity contribution in [3.05, 3.63) is 48.4 Å². The summed E-state index contributed by atoms with van der Waals surface area (Å²) in [7, 11) is 3.36. The van der Waals surface area contributed by atoms with Crippen LogP contribution in [0.4, 0.5) is 10.5 Å². The van der Waals surface area contributed by atoms with Crippen molar-refractivity contribution in [2.45, 2.75) is 26.4 Å². The Bertz CT molecular complexity index is 1010. The third kappa shape index (κ3) is 3.97. The standard InChI is InChI=1S/C20H23N3O4/c1-20(2,3)27-19(25)21-14-11-17(22(4)12-14)18(24)23-9-8-13-10-15(26-5)6-7-16(13)23/h6-12H,1-5H3,(H,21,25). The lowest BCUT2D eigenvalue weighted by atomic mass is 10.2. The van der Waals surface area contributed by atoms with E-state index in [0.717, 1.165) is 16.7 Å². The molecule has 3 rings (SSSR count). The van der Waals surface area contributed by atoms with Crippen molar-refractivity contribution in [3.8, 4) is 5.75 Å². The van der Waals surface area contributed by atoms with Gasteiger partial charge in [0.05, 0.1) is 18.3 Å². The maximum atomic E-state index is 13.0. The summed E-state index contributed by atoms with van der Waals surface area (Å²) in [5.41, 5.74) is 1.12. The second-order valence-corrected chi connectivity index (χ2v) is 7.27. The van der Waals surface area contributed by atoms with Gasteiger partial charge in [0.15, 0.2) is 0 Å². The molecule has 1 aromatic carbocycles. The Morgan fingerprint density at radius 1 is 1.11 bits per heavy atom. The number of nitrogens with zero attached hydrogens (tertiary/aromatic N) is 2. The van der Waals surface area contributed by atoms with Crippen LogP contribution in [0.5, 0.6) is 5.75 Å². The number of amides is 1. The molecule has 0 saturated carbocycles. The van der Waals surface area contributed by atoms with E-state index in [1.165, 1.54) is 0 Å². The van der Waals surface area contributed by atoms with Crippen LogP contribution in [0.15, 0.2) is 42.7 Å². The van der Waals surface area contributed by atoms with Gasteiger partial charge in [-0.15, -0.1) is 0 Å². The van der Waals surface area contributed by atoms with Gasteiger partial charge in [-0.25, -0.2) is 4.79 Å². The molecule has 0 unspecified atom stereocenters. The number of aryl methyl sites for hydroxylation is 1. The highest BCUT2D eigenvalue weighted by atomic mass is 16.6. The summed E-state index contributed by atoms with van der Waals surface area (Å²) in [6.07, 6.45) is 2.83. The second kappa shape index (κ2) is 6.83. The number of rotatable bonds is 3. The van der Waals surface area contributed by atoms with E-state index in [1.54, 1.807) is 62.5 Å². The first-order valence-corrected chi connectivity index (χ1v) is 8.54. The summed E-state index contributed by atoms with van der Waals surface area (Å²) >= 11 is 0. The van der Waals surface area contributed by atoms with Crippen molar-refractivity contribution in [1.29, 1.82) is 0 Å². The highest BCUT2D eigenvalue weighted by Crippen LogP contribution is 2.23. The number of ether oxygens (including phenoxy) is 2. The van der Waals surface area contributed by atoms with Gasteiger partial charge in [-0.2, -0.15) is 0 Å². The summed E-state index contributed by atoms with van der Waals surface area (Å²) in [5.74, 6) is 0.533. The smallest absolute Gasteiger partial charge is 0.412 e. The number of hydrogen-bond acceptors (Lipinski definition) is 4. The van der Waals surface area contributed by atoms with Crippen LogP contribution in [-0.4, -0.2) is 33.8 Å². The Morgan fingerprint density at radius 2 is 1.85 bits per heavy atom. The highest BCUT2D eigenvalue weighted by Gasteiger charge is 2.19. The van der Waals surface area contributed by atoms with E-state index in [0.29, 0.717) is 11.4 Å². The molecule has 0 aliphatic rings. The van der Waals surface area contributed by atoms with E-state index >= 15 is 0 Å². The van der Waals surface area contributed by atoms with Crippen LogP contribution in [0.3, 0.4) is 0 Å². The molecule has 142 valence electrons. The fourth-order valence-corrected chi connectivity index (χ4v) is 2.82. The zero-order chi connectivity index (χ0) is 19.8. The molecule has 1 amide bonds. The molecule has 0 atom stereocenters. The van der Waals surface area contributed by atoms with Crippen molar-refractivity contribution in [2.24, 2.45) is 7.05 Å². The number of carbonyl (C=O) groups excluding carboxylic acids is 2. The maximum Gasteiger partial charge on any atom is 0.412 e. The zero-order valence-corrected chi connectivity index (χ0v) is 16.1. The quantitative estimate of drug-likeness (QED) is 0.756. The summed E-state index contributed by atoms with van der Waals surface area (Å²) in [4.78, 5) is 24.9. The van der Waals surface area contributed by atoms with Crippen LogP contribution in [0, 0.1) is 0 Å². The molecule has 0 bridgehead atoms. The third-order valence-electron chi connectivity index (χ3n) is 3.99. The molecule has 3 aromatic rings. The number of hydrogen-bond donors (Lipinski definition) is 1. The van der Waals surface area contributed by atoms with E-state index in [9.17, 15) is 9.59 Å². The van der Waals surface area contributed by atoms with Gasteiger partial charge in [-0.1, -0.05) is 0 Å². The monoisotopic (exact) mass is 369 g/mol. The predicted octanol–water partition coefficient (Wildman–Crippen LogP) is 4.02. The average Bonchev–Trinajstić information content (AvgIpc) is 3.15. The Kier molecular flexibility index (Phi) is 4.70. The van der Waals surface area contributed by atoms with Gasteiger partial charge >= 0.3 is 6.09 Å².